The first kappa shape index (κ1) is 19.2. The number of halogens is 1. The highest BCUT2D eigenvalue weighted by Gasteiger charge is 2.34. The Morgan fingerprint density at radius 1 is 1.19 bits per heavy atom. The Kier molecular flexibility index (Phi) is 5.98. The normalized spacial score (nSPS) is 15.4. The van der Waals surface area contributed by atoms with E-state index in [2.05, 4.69) is 15.9 Å². The fourth-order valence-electron chi connectivity index (χ4n) is 2.41. The maximum absolute atomic E-state index is 12.6. The summed E-state index contributed by atoms with van der Waals surface area (Å²) in [5.41, 5.74) is 1.57. The summed E-state index contributed by atoms with van der Waals surface area (Å²) >= 11 is 4.27. The maximum atomic E-state index is 12.6. The second kappa shape index (κ2) is 8.41. The third-order valence-electron chi connectivity index (χ3n) is 3.64. The molecule has 1 aliphatic rings. The lowest BCUT2D eigenvalue weighted by atomic mass is 10.2. The van der Waals surface area contributed by atoms with Crippen LogP contribution in [0.15, 0.2) is 57.9 Å². The van der Waals surface area contributed by atoms with E-state index < -0.39 is 12.6 Å². The van der Waals surface area contributed by atoms with Gasteiger partial charge in [0.25, 0.3) is 11.1 Å². The number of carbonyl (C=O) groups excluding carboxylic acids is 2. The van der Waals surface area contributed by atoms with Crippen molar-refractivity contribution >= 4 is 50.9 Å². The number of carboxylic acids is 1. The van der Waals surface area contributed by atoms with Gasteiger partial charge in [-0.1, -0.05) is 40.2 Å². The summed E-state index contributed by atoms with van der Waals surface area (Å²) in [7, 11) is 0. The number of carboxylic acid groups (broad SMARTS) is 1. The lowest BCUT2D eigenvalue weighted by Crippen LogP contribution is -2.27. The number of ether oxygens (including phenoxy) is 1. The molecular formula is C19H14BrNO5S. The van der Waals surface area contributed by atoms with Crippen molar-refractivity contribution in [2.24, 2.45) is 0 Å². The summed E-state index contributed by atoms with van der Waals surface area (Å²) in [5.74, 6) is -0.980. The number of nitrogens with zero attached hydrogens (tertiary/aromatic N) is 1. The van der Waals surface area contributed by atoms with Crippen LogP contribution in [0.1, 0.15) is 11.1 Å². The minimum absolute atomic E-state index is 0.212. The van der Waals surface area contributed by atoms with Gasteiger partial charge < -0.3 is 9.84 Å². The quantitative estimate of drug-likeness (QED) is 0.669. The van der Waals surface area contributed by atoms with E-state index in [0.717, 1.165) is 21.8 Å². The summed E-state index contributed by atoms with van der Waals surface area (Å²) in [6, 6.07) is 14.1. The predicted molar refractivity (Wildman–Crippen MR) is 105 cm³/mol. The van der Waals surface area contributed by atoms with Gasteiger partial charge in [-0.05, 0) is 53.2 Å². The van der Waals surface area contributed by atoms with Gasteiger partial charge in [-0.3, -0.25) is 14.5 Å². The van der Waals surface area contributed by atoms with Crippen LogP contribution in [0.4, 0.5) is 4.79 Å². The second-order valence-electron chi connectivity index (χ2n) is 5.65. The molecule has 3 rings (SSSR count). The van der Waals surface area contributed by atoms with Gasteiger partial charge in [0.05, 0.1) is 11.4 Å². The molecular weight excluding hydrogens is 434 g/mol. The Balaban J connectivity index is 1.71. The molecule has 0 unspecified atom stereocenters. The molecule has 27 heavy (non-hydrogen) atoms. The minimum atomic E-state index is -1.06. The number of benzene rings is 2. The van der Waals surface area contributed by atoms with Crippen molar-refractivity contribution < 1.29 is 24.2 Å². The average Bonchev–Trinajstić information content (AvgIpc) is 2.89. The van der Waals surface area contributed by atoms with Crippen LogP contribution < -0.4 is 4.74 Å². The molecule has 2 aromatic carbocycles. The van der Waals surface area contributed by atoms with Crippen molar-refractivity contribution in [3.63, 3.8) is 0 Å². The summed E-state index contributed by atoms with van der Waals surface area (Å²) < 4.78 is 5.95. The minimum Gasteiger partial charge on any atom is -0.482 e. The van der Waals surface area contributed by atoms with E-state index in [1.165, 1.54) is 4.90 Å². The largest absolute Gasteiger partial charge is 0.482 e. The lowest BCUT2D eigenvalue weighted by molar-refractivity contribution is -0.139. The Hall–Kier alpha value is -2.58. The van der Waals surface area contributed by atoms with Gasteiger partial charge in [0.15, 0.2) is 6.61 Å². The molecule has 1 saturated heterocycles. The molecule has 0 spiro atoms. The van der Waals surface area contributed by atoms with E-state index in [9.17, 15) is 14.4 Å². The Labute approximate surface area is 167 Å². The van der Waals surface area contributed by atoms with Gasteiger partial charge in [-0.15, -0.1) is 0 Å². The van der Waals surface area contributed by atoms with Crippen molar-refractivity contribution in [2.45, 2.75) is 6.54 Å². The number of imide groups is 1. The molecule has 0 atom stereocenters. The molecule has 0 radical (unpaired) electrons. The molecule has 2 aromatic rings. The fourth-order valence-corrected chi connectivity index (χ4v) is 3.70. The van der Waals surface area contributed by atoms with Crippen LogP contribution in [0.2, 0.25) is 0 Å². The molecule has 6 nitrogen and oxygen atoms in total. The zero-order valence-corrected chi connectivity index (χ0v) is 16.3. The van der Waals surface area contributed by atoms with E-state index in [0.29, 0.717) is 16.2 Å². The van der Waals surface area contributed by atoms with E-state index in [-0.39, 0.29) is 17.7 Å². The van der Waals surface area contributed by atoms with Crippen LogP contribution in [0.25, 0.3) is 6.08 Å². The van der Waals surface area contributed by atoms with Crippen molar-refractivity contribution in [3.05, 3.63) is 69.0 Å². The highest BCUT2D eigenvalue weighted by atomic mass is 79.9. The molecule has 1 N–H and O–H groups in total. The molecule has 8 heteroatoms. The zero-order valence-electron chi connectivity index (χ0n) is 13.9. The van der Waals surface area contributed by atoms with Gasteiger partial charge >= 0.3 is 5.97 Å². The van der Waals surface area contributed by atoms with Crippen LogP contribution in [0.3, 0.4) is 0 Å². The zero-order chi connectivity index (χ0) is 19.4. The molecule has 0 aliphatic carbocycles. The standard InChI is InChI=1S/C19H14BrNO5S/c20-14-3-1-2-13(8-14)10-21-18(24)16(27-19(21)25)9-12-4-6-15(7-5-12)26-11-17(22)23/h1-9H,10-11H2,(H,22,23). The van der Waals surface area contributed by atoms with Crippen molar-refractivity contribution in [3.8, 4) is 5.75 Å². The summed E-state index contributed by atoms with van der Waals surface area (Å²) in [6.45, 7) is -0.211. The molecule has 1 heterocycles. The Bertz CT molecular complexity index is 926. The smallest absolute Gasteiger partial charge is 0.341 e. The van der Waals surface area contributed by atoms with Crippen LogP contribution in [0, 0.1) is 0 Å². The van der Waals surface area contributed by atoms with Gasteiger partial charge in [0, 0.05) is 4.47 Å². The number of amides is 2. The van der Waals surface area contributed by atoms with Crippen molar-refractivity contribution in [1.82, 2.24) is 4.90 Å². The van der Waals surface area contributed by atoms with E-state index >= 15 is 0 Å². The Morgan fingerprint density at radius 3 is 2.59 bits per heavy atom. The summed E-state index contributed by atoms with van der Waals surface area (Å²) in [5, 5.41) is 8.29. The summed E-state index contributed by atoms with van der Waals surface area (Å²) in [4.78, 5) is 36.8. The molecule has 2 amide bonds. The number of thioether (sulfide) groups is 1. The third-order valence-corrected chi connectivity index (χ3v) is 5.04. The van der Waals surface area contributed by atoms with Gasteiger partial charge in [-0.25, -0.2) is 4.79 Å². The topological polar surface area (TPSA) is 83.9 Å². The number of hydrogen-bond donors (Lipinski definition) is 1. The maximum Gasteiger partial charge on any atom is 0.341 e. The highest BCUT2D eigenvalue weighted by molar-refractivity contribution is 9.10. The van der Waals surface area contributed by atoms with Crippen LogP contribution in [-0.4, -0.2) is 33.7 Å². The van der Waals surface area contributed by atoms with Gasteiger partial charge in [0.1, 0.15) is 5.75 Å². The monoisotopic (exact) mass is 447 g/mol. The van der Waals surface area contributed by atoms with Gasteiger partial charge in [0.2, 0.25) is 0 Å². The fraction of sp³-hybridized carbons (Fsp3) is 0.105. The number of aliphatic carboxylic acids is 1. The first-order valence-electron chi connectivity index (χ1n) is 7.87. The molecule has 1 aliphatic heterocycles. The molecule has 1 fully saturated rings. The summed E-state index contributed by atoms with van der Waals surface area (Å²) in [6.07, 6.45) is 1.63. The van der Waals surface area contributed by atoms with E-state index in [1.807, 2.05) is 24.3 Å². The van der Waals surface area contributed by atoms with Crippen molar-refractivity contribution in [1.29, 1.82) is 0 Å². The number of hydrogen-bond acceptors (Lipinski definition) is 5. The van der Waals surface area contributed by atoms with Crippen molar-refractivity contribution in [2.75, 3.05) is 6.61 Å². The van der Waals surface area contributed by atoms with Crippen LogP contribution in [-0.2, 0) is 16.1 Å². The van der Waals surface area contributed by atoms with Crippen LogP contribution >= 0.6 is 27.7 Å². The lowest BCUT2D eigenvalue weighted by Gasteiger charge is -2.12. The molecule has 0 aromatic heterocycles. The number of rotatable bonds is 6. The SMILES string of the molecule is O=C(O)COc1ccc(C=C2SC(=O)N(Cc3cccc(Br)c3)C2=O)cc1. The first-order valence-corrected chi connectivity index (χ1v) is 9.48. The average molecular weight is 448 g/mol. The van der Waals surface area contributed by atoms with Crippen LogP contribution in [0.5, 0.6) is 5.75 Å². The molecule has 138 valence electrons. The predicted octanol–water partition coefficient (Wildman–Crippen LogP) is 4.15. The highest BCUT2D eigenvalue weighted by Crippen LogP contribution is 2.33. The number of carbonyl (C=O) groups is 3. The molecule has 0 saturated carbocycles. The van der Waals surface area contributed by atoms with E-state index in [1.54, 1.807) is 30.3 Å². The third kappa shape index (κ3) is 4.99. The first-order chi connectivity index (χ1) is 12.9. The van der Waals surface area contributed by atoms with E-state index in [4.69, 9.17) is 9.84 Å². The van der Waals surface area contributed by atoms with Gasteiger partial charge in [-0.2, -0.15) is 0 Å². The Morgan fingerprint density at radius 2 is 1.93 bits per heavy atom. The molecule has 0 bridgehead atoms. The second-order valence-corrected chi connectivity index (χ2v) is 7.56.